The molecule has 146 valence electrons. The lowest BCUT2D eigenvalue weighted by molar-refractivity contribution is -0.126. The number of aryl methyl sites for hydroxylation is 2. The molecule has 1 N–H and O–H groups in total. The van der Waals surface area contributed by atoms with E-state index in [1.54, 1.807) is 28.8 Å². The Bertz CT molecular complexity index is 797. The normalized spacial score (nSPS) is 17.0. The van der Waals surface area contributed by atoms with Gasteiger partial charge in [-0.25, -0.2) is 4.68 Å². The van der Waals surface area contributed by atoms with E-state index in [-0.39, 0.29) is 17.6 Å². The average Bonchev–Trinajstić information content (AvgIpc) is 3.33. The summed E-state index contributed by atoms with van der Waals surface area (Å²) in [5, 5.41) is 7.40. The largest absolute Gasteiger partial charge is 0.481 e. The van der Waals surface area contributed by atoms with Crippen LogP contribution in [-0.4, -0.2) is 46.2 Å². The first kappa shape index (κ1) is 19.0. The number of nitrogens with zero attached hydrogens (tertiary/aromatic N) is 3. The van der Waals surface area contributed by atoms with Gasteiger partial charge in [-0.2, -0.15) is 5.10 Å². The molecule has 0 radical (unpaired) electrons. The predicted octanol–water partition coefficient (Wildman–Crippen LogP) is 1.90. The van der Waals surface area contributed by atoms with E-state index in [4.69, 9.17) is 9.15 Å². The predicted molar refractivity (Wildman–Crippen MR) is 98.4 cm³/mol. The highest BCUT2D eigenvalue weighted by molar-refractivity contribution is 5.95. The van der Waals surface area contributed by atoms with Gasteiger partial charge < -0.3 is 19.4 Å². The van der Waals surface area contributed by atoms with Gasteiger partial charge in [0, 0.05) is 13.6 Å². The van der Waals surface area contributed by atoms with Crippen molar-refractivity contribution in [2.75, 3.05) is 13.7 Å². The van der Waals surface area contributed by atoms with E-state index in [1.807, 2.05) is 14.0 Å². The summed E-state index contributed by atoms with van der Waals surface area (Å²) in [7, 11) is 3.40. The summed E-state index contributed by atoms with van der Waals surface area (Å²) in [5.74, 6) is 0.492. The molecule has 1 atom stereocenters. The van der Waals surface area contributed by atoms with Crippen LogP contribution in [0, 0.1) is 0 Å². The molecular weight excluding hydrogens is 348 g/mol. The van der Waals surface area contributed by atoms with Crippen LogP contribution >= 0.6 is 0 Å². The quantitative estimate of drug-likeness (QED) is 0.834. The van der Waals surface area contributed by atoms with Crippen molar-refractivity contribution in [3.63, 3.8) is 0 Å². The van der Waals surface area contributed by atoms with Crippen molar-refractivity contribution in [2.45, 2.75) is 45.2 Å². The molecule has 27 heavy (non-hydrogen) atoms. The second-order valence-electron chi connectivity index (χ2n) is 6.62. The number of nitrogens with one attached hydrogen (secondary N) is 1. The molecule has 0 saturated carbocycles. The Kier molecular flexibility index (Phi) is 5.83. The minimum absolute atomic E-state index is 0.164. The molecule has 1 aliphatic rings. The first-order chi connectivity index (χ1) is 13.1. The lowest BCUT2D eigenvalue weighted by atomic mass is 10.0. The van der Waals surface area contributed by atoms with Gasteiger partial charge >= 0.3 is 0 Å². The van der Waals surface area contributed by atoms with Crippen LogP contribution in [0.15, 0.2) is 22.8 Å². The first-order valence-corrected chi connectivity index (χ1v) is 9.27. The summed E-state index contributed by atoms with van der Waals surface area (Å²) in [6, 6.07) is 2.80. The minimum atomic E-state index is -0.496. The molecule has 8 nitrogen and oxygen atoms in total. The van der Waals surface area contributed by atoms with E-state index in [0.717, 1.165) is 30.5 Å². The molecule has 1 aliphatic heterocycles. The maximum atomic E-state index is 12.9. The zero-order valence-electron chi connectivity index (χ0n) is 16.0. The molecule has 0 aromatic carbocycles. The van der Waals surface area contributed by atoms with Crippen molar-refractivity contribution in [3.8, 4) is 5.88 Å². The third-order valence-corrected chi connectivity index (χ3v) is 4.94. The summed E-state index contributed by atoms with van der Waals surface area (Å²) < 4.78 is 12.3. The van der Waals surface area contributed by atoms with Gasteiger partial charge in [0.15, 0.2) is 5.76 Å². The van der Waals surface area contributed by atoms with E-state index in [9.17, 15) is 9.59 Å². The topological polar surface area (TPSA) is 89.6 Å². The number of furan rings is 1. The van der Waals surface area contributed by atoms with Crippen molar-refractivity contribution in [2.24, 2.45) is 7.05 Å². The van der Waals surface area contributed by atoms with E-state index in [2.05, 4.69) is 10.4 Å². The van der Waals surface area contributed by atoms with E-state index < -0.39 is 6.04 Å². The lowest BCUT2D eigenvalue weighted by Gasteiger charge is -2.34. The van der Waals surface area contributed by atoms with Crippen molar-refractivity contribution in [3.05, 3.63) is 35.4 Å². The highest BCUT2D eigenvalue weighted by Crippen LogP contribution is 2.23. The second kappa shape index (κ2) is 8.28. The van der Waals surface area contributed by atoms with Gasteiger partial charge in [-0.3, -0.25) is 9.59 Å². The van der Waals surface area contributed by atoms with Crippen LogP contribution in [0.3, 0.4) is 0 Å². The molecule has 3 heterocycles. The average molecular weight is 374 g/mol. The van der Waals surface area contributed by atoms with Crippen molar-refractivity contribution in [1.29, 1.82) is 0 Å². The number of hydrogen-bond acceptors (Lipinski definition) is 5. The maximum Gasteiger partial charge on any atom is 0.290 e. The molecule has 2 aromatic heterocycles. The summed E-state index contributed by atoms with van der Waals surface area (Å²) >= 11 is 0. The Morgan fingerprint density at radius 1 is 1.41 bits per heavy atom. The Morgan fingerprint density at radius 2 is 2.22 bits per heavy atom. The number of ether oxygens (including phenoxy) is 1. The Balaban J connectivity index is 1.72. The summed E-state index contributed by atoms with van der Waals surface area (Å²) in [6.45, 7) is 2.88. The number of carbonyl (C=O) groups excluding carboxylic acids is 2. The molecule has 8 heteroatoms. The zero-order valence-corrected chi connectivity index (χ0v) is 16.0. The maximum absolute atomic E-state index is 12.9. The number of carbonyl (C=O) groups is 2. The molecule has 1 saturated heterocycles. The van der Waals surface area contributed by atoms with Gasteiger partial charge in [0.2, 0.25) is 11.8 Å². The lowest BCUT2D eigenvalue weighted by Crippen LogP contribution is -2.51. The molecule has 0 aliphatic carbocycles. The number of amides is 2. The van der Waals surface area contributed by atoms with Crippen molar-refractivity contribution in [1.82, 2.24) is 20.0 Å². The fourth-order valence-electron chi connectivity index (χ4n) is 3.60. The van der Waals surface area contributed by atoms with E-state index in [0.29, 0.717) is 25.4 Å². The molecule has 0 spiro atoms. The summed E-state index contributed by atoms with van der Waals surface area (Å²) in [4.78, 5) is 27.1. The van der Waals surface area contributed by atoms with Gasteiger partial charge in [0.1, 0.15) is 6.04 Å². The minimum Gasteiger partial charge on any atom is -0.481 e. The molecule has 3 rings (SSSR count). The van der Waals surface area contributed by atoms with Crippen LogP contribution < -0.4 is 10.1 Å². The van der Waals surface area contributed by atoms with Gasteiger partial charge in [0.05, 0.1) is 31.2 Å². The number of rotatable bonds is 6. The highest BCUT2D eigenvalue weighted by Gasteiger charge is 2.33. The Morgan fingerprint density at radius 3 is 2.89 bits per heavy atom. The number of aromatic nitrogens is 2. The van der Waals surface area contributed by atoms with Crippen LogP contribution in [0.2, 0.25) is 0 Å². The number of piperidine rings is 1. The van der Waals surface area contributed by atoms with Crippen LogP contribution in [-0.2, 0) is 24.8 Å². The van der Waals surface area contributed by atoms with Crippen LogP contribution in [0.1, 0.15) is 48.0 Å². The van der Waals surface area contributed by atoms with E-state index >= 15 is 0 Å². The second-order valence-corrected chi connectivity index (χ2v) is 6.62. The van der Waals surface area contributed by atoms with E-state index in [1.165, 1.54) is 6.26 Å². The SMILES string of the molecule is CCc1nn(C)c(OC)c1CNC(=O)C1CCCCN1C(=O)c1ccco1. The molecular formula is C19H26N4O4. The van der Waals surface area contributed by atoms with Gasteiger partial charge in [0.25, 0.3) is 5.91 Å². The smallest absolute Gasteiger partial charge is 0.290 e. The number of likely N-dealkylation sites (tertiary alicyclic amines) is 1. The Hall–Kier alpha value is -2.77. The fraction of sp³-hybridized carbons (Fsp3) is 0.526. The summed E-state index contributed by atoms with van der Waals surface area (Å²) in [5.41, 5.74) is 1.76. The molecule has 0 bridgehead atoms. The van der Waals surface area contributed by atoms with Crippen molar-refractivity contribution < 1.29 is 18.7 Å². The monoisotopic (exact) mass is 374 g/mol. The molecule has 2 aromatic rings. The summed E-state index contributed by atoms with van der Waals surface area (Å²) in [6.07, 6.45) is 4.65. The first-order valence-electron chi connectivity index (χ1n) is 9.27. The van der Waals surface area contributed by atoms with Crippen LogP contribution in [0.4, 0.5) is 0 Å². The Labute approximate surface area is 158 Å². The molecule has 1 fully saturated rings. The van der Waals surface area contributed by atoms with Crippen LogP contribution in [0.5, 0.6) is 5.88 Å². The number of methoxy groups -OCH3 is 1. The fourth-order valence-corrected chi connectivity index (χ4v) is 3.60. The highest BCUT2D eigenvalue weighted by atomic mass is 16.5. The van der Waals surface area contributed by atoms with Crippen molar-refractivity contribution >= 4 is 11.8 Å². The zero-order chi connectivity index (χ0) is 19.4. The standard InChI is InChI=1S/C19H26N4O4/c1-4-14-13(19(26-3)22(2)21-14)12-20-17(24)15-8-5-6-10-23(15)18(25)16-9-7-11-27-16/h7,9,11,15H,4-6,8,10,12H2,1-3H3,(H,20,24). The van der Waals surface area contributed by atoms with Gasteiger partial charge in [-0.05, 0) is 37.8 Å². The van der Waals surface area contributed by atoms with Crippen LogP contribution in [0.25, 0.3) is 0 Å². The third kappa shape index (κ3) is 3.84. The molecule has 2 amide bonds. The molecule has 1 unspecified atom stereocenters. The number of hydrogen-bond donors (Lipinski definition) is 1. The van der Waals surface area contributed by atoms with Gasteiger partial charge in [-0.15, -0.1) is 0 Å². The van der Waals surface area contributed by atoms with Gasteiger partial charge in [-0.1, -0.05) is 6.92 Å². The third-order valence-electron chi connectivity index (χ3n) is 4.94.